The molecule has 4 rings (SSSR count). The largest absolute Gasteiger partial charge is 0.480 e. The molecule has 4 saturated carbocycles. The summed E-state index contributed by atoms with van der Waals surface area (Å²) in [7, 11) is 0. The summed E-state index contributed by atoms with van der Waals surface area (Å²) in [6.07, 6.45) is 7.78. The molecule has 4 aliphatic carbocycles. The lowest BCUT2D eigenvalue weighted by Crippen LogP contribution is -2.56. The predicted octanol–water partition coefficient (Wildman–Crippen LogP) is 2.47. The van der Waals surface area contributed by atoms with E-state index in [0.717, 1.165) is 19.3 Å². The van der Waals surface area contributed by atoms with Crippen molar-refractivity contribution >= 4 is 11.9 Å². The van der Waals surface area contributed by atoms with Gasteiger partial charge in [-0.25, -0.2) is 4.79 Å². The number of aliphatic carboxylic acids is 1. The maximum Gasteiger partial charge on any atom is 0.326 e. The Bertz CT molecular complexity index is 473. The van der Waals surface area contributed by atoms with E-state index in [-0.39, 0.29) is 11.3 Å². The number of carboxylic acid groups (broad SMARTS) is 1. The van der Waals surface area contributed by atoms with Crippen LogP contribution in [0.4, 0.5) is 0 Å². The van der Waals surface area contributed by atoms with Gasteiger partial charge in [0.05, 0.1) is 6.07 Å². The third kappa shape index (κ3) is 2.84. The number of nitrogens with zero attached hydrogens (tertiary/aromatic N) is 1. The number of nitrogens with one attached hydrogen (secondary N) is 1. The minimum Gasteiger partial charge on any atom is -0.480 e. The Morgan fingerprint density at radius 1 is 1.18 bits per heavy atom. The van der Waals surface area contributed by atoms with E-state index in [4.69, 9.17) is 5.26 Å². The van der Waals surface area contributed by atoms with Gasteiger partial charge in [-0.1, -0.05) is 0 Å². The summed E-state index contributed by atoms with van der Waals surface area (Å²) in [4.78, 5) is 24.2. The molecule has 5 heteroatoms. The second kappa shape index (κ2) is 5.91. The standard InChI is InChI=1S/C17H24N2O3/c18-4-2-1-3-14(15(20)21)19-16(22)17-8-11-5-12(9-17)7-13(6-11)10-17/h11-14H,1-3,5-10H2,(H,19,22)(H,20,21)/t11?,12?,13?,14-,17?/m0/s1. The van der Waals surface area contributed by atoms with Crippen molar-refractivity contribution in [3.05, 3.63) is 0 Å². The highest BCUT2D eigenvalue weighted by molar-refractivity contribution is 5.87. The Balaban J connectivity index is 1.65. The number of amides is 1. The van der Waals surface area contributed by atoms with Gasteiger partial charge in [0.1, 0.15) is 6.04 Å². The van der Waals surface area contributed by atoms with Gasteiger partial charge in [-0.15, -0.1) is 0 Å². The first-order chi connectivity index (χ1) is 10.5. The number of rotatable bonds is 6. The van der Waals surface area contributed by atoms with Crippen LogP contribution in [0.3, 0.4) is 0 Å². The lowest BCUT2D eigenvalue weighted by molar-refractivity contribution is -0.151. The van der Waals surface area contributed by atoms with Crippen molar-refractivity contribution in [2.24, 2.45) is 23.2 Å². The molecule has 2 N–H and O–H groups in total. The minimum atomic E-state index is -0.990. The lowest BCUT2D eigenvalue weighted by Gasteiger charge is -2.55. The molecule has 120 valence electrons. The van der Waals surface area contributed by atoms with Crippen molar-refractivity contribution in [1.29, 1.82) is 5.26 Å². The number of carbonyl (C=O) groups excluding carboxylic acids is 1. The van der Waals surface area contributed by atoms with Crippen molar-refractivity contribution in [1.82, 2.24) is 5.32 Å². The topological polar surface area (TPSA) is 90.2 Å². The molecule has 0 heterocycles. The molecule has 1 atom stereocenters. The van der Waals surface area contributed by atoms with E-state index in [9.17, 15) is 14.7 Å². The van der Waals surface area contributed by atoms with Gasteiger partial charge >= 0.3 is 5.97 Å². The Morgan fingerprint density at radius 2 is 1.73 bits per heavy atom. The molecule has 0 aromatic rings. The van der Waals surface area contributed by atoms with Crippen molar-refractivity contribution in [3.63, 3.8) is 0 Å². The van der Waals surface area contributed by atoms with Crippen molar-refractivity contribution in [3.8, 4) is 6.07 Å². The lowest BCUT2D eigenvalue weighted by atomic mass is 9.49. The molecule has 0 radical (unpaired) electrons. The zero-order chi connectivity index (χ0) is 15.7. The highest BCUT2D eigenvalue weighted by Crippen LogP contribution is 2.60. The second-order valence-corrected chi connectivity index (χ2v) is 7.61. The van der Waals surface area contributed by atoms with Crippen LogP contribution < -0.4 is 5.32 Å². The summed E-state index contributed by atoms with van der Waals surface area (Å²) in [6, 6.07) is 1.17. The molecule has 0 aromatic carbocycles. The Kier molecular flexibility index (Phi) is 4.12. The van der Waals surface area contributed by atoms with E-state index in [1.54, 1.807) is 0 Å². The molecule has 4 fully saturated rings. The van der Waals surface area contributed by atoms with Gasteiger partial charge in [0.2, 0.25) is 5.91 Å². The highest BCUT2D eigenvalue weighted by atomic mass is 16.4. The number of carboxylic acids is 1. The predicted molar refractivity (Wildman–Crippen MR) is 79.6 cm³/mol. The molecule has 0 saturated heterocycles. The maximum atomic E-state index is 12.8. The van der Waals surface area contributed by atoms with E-state index >= 15 is 0 Å². The van der Waals surface area contributed by atoms with Gasteiger partial charge in [-0.3, -0.25) is 4.79 Å². The summed E-state index contributed by atoms with van der Waals surface area (Å²) in [6.45, 7) is 0. The fourth-order valence-electron chi connectivity index (χ4n) is 5.34. The van der Waals surface area contributed by atoms with E-state index in [1.165, 1.54) is 19.3 Å². The summed E-state index contributed by atoms with van der Waals surface area (Å²) < 4.78 is 0. The molecule has 1 amide bonds. The third-order valence-corrected chi connectivity index (χ3v) is 5.90. The SMILES string of the molecule is N#CCCC[C@H](NC(=O)C12CC3CC(CC(C3)C1)C2)C(=O)O. The summed E-state index contributed by atoms with van der Waals surface area (Å²) in [5.74, 6) is 0.962. The second-order valence-electron chi connectivity index (χ2n) is 7.61. The van der Waals surface area contributed by atoms with Crippen LogP contribution in [0, 0.1) is 34.5 Å². The smallest absolute Gasteiger partial charge is 0.326 e. The number of nitriles is 1. The number of hydrogen-bond donors (Lipinski definition) is 2. The normalized spacial score (nSPS) is 36.6. The fourth-order valence-corrected chi connectivity index (χ4v) is 5.34. The highest BCUT2D eigenvalue weighted by Gasteiger charge is 2.54. The maximum absolute atomic E-state index is 12.8. The van der Waals surface area contributed by atoms with E-state index in [2.05, 4.69) is 5.32 Å². The molecular formula is C17H24N2O3. The van der Waals surface area contributed by atoms with Crippen LogP contribution in [0.1, 0.15) is 57.8 Å². The Hall–Kier alpha value is -1.57. The van der Waals surface area contributed by atoms with Gasteiger partial charge in [0.15, 0.2) is 0 Å². The van der Waals surface area contributed by atoms with Gasteiger partial charge in [0.25, 0.3) is 0 Å². The number of unbranched alkanes of at least 4 members (excludes halogenated alkanes) is 1. The monoisotopic (exact) mass is 304 g/mol. The van der Waals surface area contributed by atoms with Crippen LogP contribution in [0.15, 0.2) is 0 Å². The Labute approximate surface area is 131 Å². The van der Waals surface area contributed by atoms with Gasteiger partial charge in [-0.2, -0.15) is 5.26 Å². The number of hydrogen-bond acceptors (Lipinski definition) is 3. The van der Waals surface area contributed by atoms with Gasteiger partial charge in [0, 0.05) is 11.8 Å². The average Bonchev–Trinajstić information content (AvgIpc) is 2.44. The zero-order valence-electron chi connectivity index (χ0n) is 12.9. The van der Waals surface area contributed by atoms with Crippen molar-refractivity contribution in [2.75, 3.05) is 0 Å². The molecule has 22 heavy (non-hydrogen) atoms. The first-order valence-electron chi connectivity index (χ1n) is 8.43. The average molecular weight is 304 g/mol. The molecule has 0 aliphatic heterocycles. The summed E-state index contributed by atoms with van der Waals surface area (Å²) in [5, 5.41) is 20.7. The summed E-state index contributed by atoms with van der Waals surface area (Å²) >= 11 is 0. The fraction of sp³-hybridized carbons (Fsp3) is 0.824. The minimum absolute atomic E-state index is 0.0454. The van der Waals surface area contributed by atoms with Crippen LogP contribution in [-0.4, -0.2) is 23.0 Å². The molecule has 0 aromatic heterocycles. The van der Waals surface area contributed by atoms with Crippen LogP contribution in [-0.2, 0) is 9.59 Å². The van der Waals surface area contributed by atoms with Crippen molar-refractivity contribution in [2.45, 2.75) is 63.8 Å². The van der Waals surface area contributed by atoms with Crippen LogP contribution >= 0.6 is 0 Å². The number of carbonyl (C=O) groups is 2. The van der Waals surface area contributed by atoms with E-state index in [0.29, 0.717) is 37.0 Å². The van der Waals surface area contributed by atoms with Gasteiger partial charge in [-0.05, 0) is 69.1 Å². The zero-order valence-corrected chi connectivity index (χ0v) is 12.9. The molecule has 5 nitrogen and oxygen atoms in total. The first-order valence-corrected chi connectivity index (χ1v) is 8.43. The third-order valence-electron chi connectivity index (χ3n) is 5.90. The van der Waals surface area contributed by atoms with E-state index in [1.807, 2.05) is 6.07 Å². The quantitative estimate of drug-likeness (QED) is 0.738. The van der Waals surface area contributed by atoms with Crippen LogP contribution in [0.25, 0.3) is 0 Å². The molecule has 4 bridgehead atoms. The molecular weight excluding hydrogens is 280 g/mol. The van der Waals surface area contributed by atoms with Crippen LogP contribution in [0.2, 0.25) is 0 Å². The van der Waals surface area contributed by atoms with Gasteiger partial charge < -0.3 is 10.4 Å². The first kappa shape index (κ1) is 15.3. The molecule has 4 aliphatic rings. The van der Waals surface area contributed by atoms with Crippen molar-refractivity contribution < 1.29 is 14.7 Å². The Morgan fingerprint density at radius 3 is 2.18 bits per heavy atom. The van der Waals surface area contributed by atoms with Crippen LogP contribution in [0.5, 0.6) is 0 Å². The summed E-state index contributed by atoms with van der Waals surface area (Å²) in [5.41, 5.74) is -0.308. The molecule has 0 spiro atoms. The van der Waals surface area contributed by atoms with E-state index < -0.39 is 12.0 Å². The molecule has 0 unspecified atom stereocenters.